The van der Waals surface area contributed by atoms with Gasteiger partial charge in [0.2, 0.25) is 5.91 Å². The molecule has 58 valence electrons. The Labute approximate surface area is 59.5 Å². The van der Waals surface area contributed by atoms with Crippen LogP contribution in [0.5, 0.6) is 0 Å². The molecule has 0 aliphatic rings. The summed E-state index contributed by atoms with van der Waals surface area (Å²) in [6, 6.07) is 0. The lowest BCUT2D eigenvalue weighted by Gasteiger charge is -1.98. The third-order valence-corrected chi connectivity index (χ3v) is 0.920. The normalized spacial score (nSPS) is 9.00. The predicted octanol–water partition coefficient (Wildman–Crippen LogP) is 0.0332. The van der Waals surface area contributed by atoms with Gasteiger partial charge in [0.1, 0.15) is 5.78 Å². The molecule has 0 heterocycles. The van der Waals surface area contributed by atoms with Crippen LogP contribution >= 0.6 is 0 Å². The number of hydrogen-bond donors (Lipinski definition) is 1. The first-order valence-corrected chi connectivity index (χ1v) is 2.98. The number of ketones is 1. The molecule has 1 N–H and O–H groups in total. The van der Waals surface area contributed by atoms with Crippen molar-refractivity contribution in [1.82, 2.24) is 5.48 Å². The molecular weight excluding hydrogens is 134 g/mol. The van der Waals surface area contributed by atoms with Crippen molar-refractivity contribution in [3.63, 3.8) is 0 Å². The first-order valence-electron chi connectivity index (χ1n) is 2.98. The van der Waals surface area contributed by atoms with E-state index in [2.05, 4.69) is 10.3 Å². The highest BCUT2D eigenvalue weighted by Crippen LogP contribution is 1.88. The lowest BCUT2D eigenvalue weighted by atomic mass is 10.2. The molecule has 4 nitrogen and oxygen atoms in total. The second-order valence-corrected chi connectivity index (χ2v) is 1.93. The Hall–Kier alpha value is -0.900. The summed E-state index contributed by atoms with van der Waals surface area (Å²) in [5, 5.41) is 0. The van der Waals surface area contributed by atoms with Gasteiger partial charge in [-0.2, -0.15) is 0 Å². The fraction of sp³-hybridized carbons (Fsp3) is 0.667. The van der Waals surface area contributed by atoms with Crippen molar-refractivity contribution < 1.29 is 14.4 Å². The summed E-state index contributed by atoms with van der Waals surface area (Å²) >= 11 is 0. The van der Waals surface area contributed by atoms with Crippen LogP contribution in [0.4, 0.5) is 0 Å². The van der Waals surface area contributed by atoms with Gasteiger partial charge in [0.25, 0.3) is 0 Å². The number of carbonyl (C=O) groups is 2. The summed E-state index contributed by atoms with van der Waals surface area (Å²) in [7, 11) is 1.35. The van der Waals surface area contributed by atoms with Gasteiger partial charge < -0.3 is 4.79 Å². The zero-order valence-electron chi connectivity index (χ0n) is 6.14. The van der Waals surface area contributed by atoms with Crippen LogP contribution < -0.4 is 5.48 Å². The summed E-state index contributed by atoms with van der Waals surface area (Å²) in [5.74, 6) is -0.260. The SMILES string of the molecule is CONC(=O)CCC(C)=O. The van der Waals surface area contributed by atoms with Gasteiger partial charge in [-0.05, 0) is 6.92 Å². The maximum Gasteiger partial charge on any atom is 0.243 e. The van der Waals surface area contributed by atoms with Gasteiger partial charge in [0, 0.05) is 12.8 Å². The van der Waals surface area contributed by atoms with Crippen molar-refractivity contribution in [2.45, 2.75) is 19.8 Å². The molecular formula is C6H11NO3. The highest BCUT2D eigenvalue weighted by Gasteiger charge is 2.00. The van der Waals surface area contributed by atoms with E-state index in [0.717, 1.165) is 0 Å². The molecule has 0 unspecified atom stereocenters. The lowest BCUT2D eigenvalue weighted by molar-refractivity contribution is -0.133. The average Bonchev–Trinajstić information content (AvgIpc) is 1.85. The fourth-order valence-corrected chi connectivity index (χ4v) is 0.454. The molecule has 0 aromatic heterocycles. The van der Waals surface area contributed by atoms with Crippen molar-refractivity contribution in [1.29, 1.82) is 0 Å². The van der Waals surface area contributed by atoms with Crippen molar-refractivity contribution in [3.05, 3.63) is 0 Å². The second-order valence-electron chi connectivity index (χ2n) is 1.93. The Morgan fingerprint density at radius 2 is 2.00 bits per heavy atom. The topological polar surface area (TPSA) is 55.4 Å². The Bertz CT molecular complexity index is 133. The number of amides is 1. The lowest BCUT2D eigenvalue weighted by Crippen LogP contribution is -2.21. The zero-order valence-corrected chi connectivity index (χ0v) is 6.14. The van der Waals surface area contributed by atoms with Crippen LogP contribution in [0.1, 0.15) is 19.8 Å². The molecule has 0 fully saturated rings. The predicted molar refractivity (Wildman–Crippen MR) is 35.1 cm³/mol. The number of carbonyl (C=O) groups excluding carboxylic acids is 2. The molecule has 0 bridgehead atoms. The Morgan fingerprint density at radius 3 is 2.40 bits per heavy atom. The maximum atomic E-state index is 10.6. The molecule has 0 aliphatic carbocycles. The van der Waals surface area contributed by atoms with Crippen LogP contribution in [0, 0.1) is 0 Å². The van der Waals surface area contributed by atoms with Crippen molar-refractivity contribution in [2.75, 3.05) is 7.11 Å². The fourth-order valence-electron chi connectivity index (χ4n) is 0.454. The van der Waals surface area contributed by atoms with E-state index < -0.39 is 0 Å². The molecule has 0 spiro atoms. The zero-order chi connectivity index (χ0) is 7.98. The van der Waals surface area contributed by atoms with Gasteiger partial charge in [0.05, 0.1) is 7.11 Å². The number of hydrogen-bond acceptors (Lipinski definition) is 3. The summed E-state index contributed by atoms with van der Waals surface area (Å²) in [6.45, 7) is 1.44. The minimum absolute atomic E-state index is 0.00579. The molecule has 10 heavy (non-hydrogen) atoms. The molecule has 0 aromatic rings. The van der Waals surface area contributed by atoms with Gasteiger partial charge in [-0.25, -0.2) is 5.48 Å². The first kappa shape index (κ1) is 9.10. The number of hydroxylamine groups is 1. The second kappa shape index (κ2) is 4.93. The van der Waals surface area contributed by atoms with Crippen LogP contribution in [-0.2, 0) is 14.4 Å². The van der Waals surface area contributed by atoms with E-state index in [-0.39, 0.29) is 24.5 Å². The summed E-state index contributed by atoms with van der Waals surface area (Å²) in [4.78, 5) is 25.2. The van der Waals surface area contributed by atoms with Crippen LogP contribution in [-0.4, -0.2) is 18.8 Å². The van der Waals surface area contributed by atoms with Crippen molar-refractivity contribution >= 4 is 11.7 Å². The van der Waals surface area contributed by atoms with Crippen LogP contribution in [0.2, 0.25) is 0 Å². The van der Waals surface area contributed by atoms with E-state index in [1.807, 2.05) is 0 Å². The van der Waals surface area contributed by atoms with Gasteiger partial charge in [-0.1, -0.05) is 0 Å². The van der Waals surface area contributed by atoms with Crippen LogP contribution in [0.25, 0.3) is 0 Å². The average molecular weight is 145 g/mol. The van der Waals surface area contributed by atoms with Gasteiger partial charge >= 0.3 is 0 Å². The van der Waals surface area contributed by atoms with Gasteiger partial charge in [0.15, 0.2) is 0 Å². The molecule has 0 radical (unpaired) electrons. The molecule has 0 aromatic carbocycles. The summed E-state index contributed by atoms with van der Waals surface area (Å²) < 4.78 is 0. The molecule has 1 amide bonds. The first-order chi connectivity index (χ1) is 4.66. The minimum atomic E-state index is -0.266. The number of Topliss-reactive ketones (excluding diaryl/α,β-unsaturated/α-hetero) is 1. The quantitative estimate of drug-likeness (QED) is 0.568. The standard InChI is InChI=1S/C6H11NO3/c1-5(8)3-4-6(9)7-10-2/h3-4H2,1-2H3,(H,7,9). The van der Waals surface area contributed by atoms with E-state index in [4.69, 9.17) is 0 Å². The Morgan fingerprint density at radius 1 is 1.40 bits per heavy atom. The van der Waals surface area contributed by atoms with Crippen LogP contribution in [0.3, 0.4) is 0 Å². The third kappa shape index (κ3) is 5.24. The molecule has 0 atom stereocenters. The van der Waals surface area contributed by atoms with Crippen molar-refractivity contribution in [3.8, 4) is 0 Å². The van der Waals surface area contributed by atoms with Crippen LogP contribution in [0.15, 0.2) is 0 Å². The van der Waals surface area contributed by atoms with E-state index in [1.165, 1.54) is 14.0 Å². The molecule has 0 saturated heterocycles. The Kier molecular flexibility index (Phi) is 4.49. The molecule has 0 rings (SSSR count). The Balaban J connectivity index is 3.30. The largest absolute Gasteiger partial charge is 0.300 e. The van der Waals surface area contributed by atoms with E-state index >= 15 is 0 Å². The highest BCUT2D eigenvalue weighted by molar-refractivity contribution is 5.82. The summed E-state index contributed by atoms with van der Waals surface area (Å²) in [6.07, 6.45) is 0.471. The van der Waals surface area contributed by atoms with Crippen molar-refractivity contribution in [2.24, 2.45) is 0 Å². The molecule has 0 saturated carbocycles. The maximum absolute atomic E-state index is 10.6. The number of nitrogens with one attached hydrogen (secondary N) is 1. The number of rotatable bonds is 4. The van der Waals surface area contributed by atoms with E-state index in [0.29, 0.717) is 0 Å². The van der Waals surface area contributed by atoms with E-state index in [1.54, 1.807) is 0 Å². The van der Waals surface area contributed by atoms with Gasteiger partial charge in [-0.15, -0.1) is 0 Å². The smallest absolute Gasteiger partial charge is 0.243 e. The highest BCUT2D eigenvalue weighted by atomic mass is 16.6. The monoisotopic (exact) mass is 145 g/mol. The molecule has 0 aliphatic heterocycles. The summed E-state index contributed by atoms with van der Waals surface area (Å²) in [5.41, 5.74) is 2.11. The van der Waals surface area contributed by atoms with Gasteiger partial charge in [-0.3, -0.25) is 9.63 Å². The third-order valence-electron chi connectivity index (χ3n) is 0.920. The van der Waals surface area contributed by atoms with E-state index in [9.17, 15) is 9.59 Å². The molecule has 4 heteroatoms. The minimum Gasteiger partial charge on any atom is -0.300 e.